The Morgan fingerprint density at radius 2 is 1.96 bits per heavy atom. The summed E-state index contributed by atoms with van der Waals surface area (Å²) in [5.41, 5.74) is 7.83. The SMILES string of the molecule is Cc1ccccc1C[C@H](C)NC(=O)CN1CCCN(C(N)=O)CC1. The minimum absolute atomic E-state index is 0.0311. The van der Waals surface area contributed by atoms with Gasteiger partial charge in [0.15, 0.2) is 0 Å². The number of rotatable bonds is 5. The molecule has 2 rings (SSSR count). The van der Waals surface area contributed by atoms with Gasteiger partial charge >= 0.3 is 6.03 Å². The van der Waals surface area contributed by atoms with Gasteiger partial charge in [-0.15, -0.1) is 0 Å². The molecule has 0 aliphatic carbocycles. The Morgan fingerprint density at radius 3 is 2.67 bits per heavy atom. The number of amides is 3. The molecule has 1 heterocycles. The van der Waals surface area contributed by atoms with Crippen LogP contribution in [0.15, 0.2) is 24.3 Å². The first-order valence-electron chi connectivity index (χ1n) is 8.56. The van der Waals surface area contributed by atoms with Gasteiger partial charge in [0.05, 0.1) is 6.54 Å². The van der Waals surface area contributed by atoms with Gasteiger partial charge in [0.25, 0.3) is 0 Å². The molecule has 0 bridgehead atoms. The Morgan fingerprint density at radius 1 is 1.21 bits per heavy atom. The highest BCUT2D eigenvalue weighted by atomic mass is 16.2. The minimum atomic E-state index is -0.381. The lowest BCUT2D eigenvalue weighted by atomic mass is 10.0. The summed E-state index contributed by atoms with van der Waals surface area (Å²) in [5, 5.41) is 3.07. The first-order valence-corrected chi connectivity index (χ1v) is 8.56. The number of hydrogen-bond donors (Lipinski definition) is 2. The molecule has 1 fully saturated rings. The second-order valence-electron chi connectivity index (χ2n) is 6.55. The average Bonchev–Trinajstić information content (AvgIpc) is 2.75. The van der Waals surface area contributed by atoms with Gasteiger partial charge in [-0.1, -0.05) is 24.3 Å². The third-order valence-corrected chi connectivity index (χ3v) is 4.46. The summed E-state index contributed by atoms with van der Waals surface area (Å²) in [6, 6.07) is 7.95. The molecule has 1 aromatic rings. The van der Waals surface area contributed by atoms with Crippen LogP contribution in [0.1, 0.15) is 24.5 Å². The van der Waals surface area contributed by atoms with E-state index in [9.17, 15) is 9.59 Å². The van der Waals surface area contributed by atoms with Crippen molar-refractivity contribution in [2.45, 2.75) is 32.7 Å². The minimum Gasteiger partial charge on any atom is -0.352 e. The lowest BCUT2D eigenvalue weighted by Crippen LogP contribution is -2.43. The van der Waals surface area contributed by atoms with Crippen molar-refractivity contribution >= 4 is 11.9 Å². The highest BCUT2D eigenvalue weighted by Crippen LogP contribution is 2.09. The van der Waals surface area contributed by atoms with Gasteiger partial charge < -0.3 is 16.0 Å². The number of hydrogen-bond acceptors (Lipinski definition) is 3. The molecular weight excluding hydrogens is 304 g/mol. The Kier molecular flexibility index (Phi) is 6.61. The highest BCUT2D eigenvalue weighted by molar-refractivity contribution is 5.78. The lowest BCUT2D eigenvalue weighted by Gasteiger charge is -2.22. The van der Waals surface area contributed by atoms with Crippen LogP contribution in [0.2, 0.25) is 0 Å². The van der Waals surface area contributed by atoms with E-state index in [4.69, 9.17) is 5.73 Å². The van der Waals surface area contributed by atoms with Crippen LogP contribution < -0.4 is 11.1 Å². The zero-order valence-electron chi connectivity index (χ0n) is 14.6. The Labute approximate surface area is 144 Å². The molecule has 1 saturated heterocycles. The summed E-state index contributed by atoms with van der Waals surface area (Å²) in [6.07, 6.45) is 1.67. The predicted octanol–water partition coefficient (Wildman–Crippen LogP) is 1.13. The molecule has 6 nitrogen and oxygen atoms in total. The van der Waals surface area contributed by atoms with E-state index >= 15 is 0 Å². The maximum atomic E-state index is 12.3. The largest absolute Gasteiger partial charge is 0.352 e. The molecule has 132 valence electrons. The third-order valence-electron chi connectivity index (χ3n) is 4.46. The second-order valence-corrected chi connectivity index (χ2v) is 6.55. The zero-order chi connectivity index (χ0) is 17.5. The van der Waals surface area contributed by atoms with Gasteiger partial charge in [0, 0.05) is 32.2 Å². The van der Waals surface area contributed by atoms with Crippen LogP contribution in [-0.2, 0) is 11.2 Å². The normalized spacial score (nSPS) is 17.2. The molecule has 1 aromatic carbocycles. The van der Waals surface area contributed by atoms with Crippen molar-refractivity contribution in [2.24, 2.45) is 5.73 Å². The number of carbonyl (C=O) groups excluding carboxylic acids is 2. The monoisotopic (exact) mass is 332 g/mol. The summed E-state index contributed by atoms with van der Waals surface area (Å²) in [6.45, 7) is 7.22. The van der Waals surface area contributed by atoms with E-state index in [0.29, 0.717) is 26.2 Å². The van der Waals surface area contributed by atoms with Gasteiger partial charge in [-0.05, 0) is 37.8 Å². The summed E-state index contributed by atoms with van der Waals surface area (Å²) >= 11 is 0. The van der Waals surface area contributed by atoms with Crippen LogP contribution in [0.25, 0.3) is 0 Å². The Balaban J connectivity index is 1.78. The Bertz CT molecular complexity index is 576. The van der Waals surface area contributed by atoms with Gasteiger partial charge in [-0.3, -0.25) is 9.69 Å². The quantitative estimate of drug-likeness (QED) is 0.848. The van der Waals surface area contributed by atoms with Crippen LogP contribution in [0, 0.1) is 6.92 Å². The van der Waals surface area contributed by atoms with E-state index in [-0.39, 0.29) is 18.0 Å². The number of nitrogens with one attached hydrogen (secondary N) is 1. The maximum Gasteiger partial charge on any atom is 0.314 e. The van der Waals surface area contributed by atoms with Crippen molar-refractivity contribution in [3.8, 4) is 0 Å². The number of benzene rings is 1. The molecule has 6 heteroatoms. The molecular formula is C18H28N4O2. The van der Waals surface area contributed by atoms with Crippen molar-refractivity contribution < 1.29 is 9.59 Å². The maximum absolute atomic E-state index is 12.3. The van der Waals surface area contributed by atoms with Crippen LogP contribution in [0.4, 0.5) is 4.79 Å². The highest BCUT2D eigenvalue weighted by Gasteiger charge is 2.19. The smallest absolute Gasteiger partial charge is 0.314 e. The molecule has 3 N–H and O–H groups in total. The number of nitrogens with zero attached hydrogens (tertiary/aromatic N) is 2. The lowest BCUT2D eigenvalue weighted by molar-refractivity contribution is -0.122. The molecule has 1 aliphatic heterocycles. The van der Waals surface area contributed by atoms with Crippen molar-refractivity contribution in [2.75, 3.05) is 32.7 Å². The van der Waals surface area contributed by atoms with Crippen LogP contribution >= 0.6 is 0 Å². The number of urea groups is 1. The molecule has 0 spiro atoms. The summed E-state index contributed by atoms with van der Waals surface area (Å²) in [5.74, 6) is 0.0311. The van der Waals surface area contributed by atoms with Crippen molar-refractivity contribution in [3.63, 3.8) is 0 Å². The molecule has 0 unspecified atom stereocenters. The molecule has 1 atom stereocenters. The van der Waals surface area contributed by atoms with E-state index in [1.165, 1.54) is 11.1 Å². The molecule has 0 aromatic heterocycles. The molecule has 1 aliphatic rings. The van der Waals surface area contributed by atoms with Crippen LogP contribution in [-0.4, -0.2) is 60.5 Å². The number of aryl methyl sites for hydroxylation is 1. The fraction of sp³-hybridized carbons (Fsp3) is 0.556. The van der Waals surface area contributed by atoms with Gasteiger partial charge in [0.2, 0.25) is 5.91 Å². The summed E-state index contributed by atoms with van der Waals surface area (Å²) in [7, 11) is 0. The summed E-state index contributed by atoms with van der Waals surface area (Å²) < 4.78 is 0. The van der Waals surface area contributed by atoms with E-state index in [0.717, 1.165) is 19.4 Å². The fourth-order valence-electron chi connectivity index (χ4n) is 3.09. The standard InChI is InChI=1S/C18H28N4O2/c1-14-6-3-4-7-16(14)12-15(2)20-17(23)13-21-8-5-9-22(11-10-21)18(19)24/h3-4,6-7,15H,5,8-13H2,1-2H3,(H2,19,24)(H,20,23)/t15-/m0/s1. The zero-order valence-corrected chi connectivity index (χ0v) is 14.6. The first-order chi connectivity index (χ1) is 11.5. The number of primary amides is 1. The van der Waals surface area contributed by atoms with Crippen molar-refractivity contribution in [3.05, 3.63) is 35.4 Å². The molecule has 3 amide bonds. The van der Waals surface area contributed by atoms with Crippen LogP contribution in [0.5, 0.6) is 0 Å². The molecule has 0 saturated carbocycles. The van der Waals surface area contributed by atoms with Gasteiger partial charge in [-0.25, -0.2) is 4.79 Å². The van der Waals surface area contributed by atoms with E-state index in [1.807, 2.05) is 19.1 Å². The van der Waals surface area contributed by atoms with Crippen LogP contribution in [0.3, 0.4) is 0 Å². The molecule has 0 radical (unpaired) electrons. The van der Waals surface area contributed by atoms with Crippen molar-refractivity contribution in [1.82, 2.24) is 15.1 Å². The van der Waals surface area contributed by atoms with Gasteiger partial charge in [0.1, 0.15) is 0 Å². The number of nitrogens with two attached hydrogens (primary N) is 1. The average molecular weight is 332 g/mol. The van der Waals surface area contributed by atoms with E-state index in [1.54, 1.807) is 4.90 Å². The van der Waals surface area contributed by atoms with Crippen molar-refractivity contribution in [1.29, 1.82) is 0 Å². The third kappa shape index (κ3) is 5.53. The van der Waals surface area contributed by atoms with E-state index in [2.05, 4.69) is 29.3 Å². The number of carbonyl (C=O) groups is 2. The second kappa shape index (κ2) is 8.68. The van der Waals surface area contributed by atoms with Gasteiger partial charge in [-0.2, -0.15) is 0 Å². The molecule has 24 heavy (non-hydrogen) atoms. The van der Waals surface area contributed by atoms with E-state index < -0.39 is 0 Å². The summed E-state index contributed by atoms with van der Waals surface area (Å²) in [4.78, 5) is 27.2. The topological polar surface area (TPSA) is 78.7 Å². The first kappa shape index (κ1) is 18.3. The predicted molar refractivity (Wildman–Crippen MR) is 94.7 cm³/mol. The Hall–Kier alpha value is -2.08. The fourth-order valence-corrected chi connectivity index (χ4v) is 3.09.